The fourth-order valence-corrected chi connectivity index (χ4v) is 6.79. The summed E-state index contributed by atoms with van der Waals surface area (Å²) in [6.07, 6.45) is 10.9. The molecule has 4 heterocycles. The van der Waals surface area contributed by atoms with Crippen LogP contribution < -0.4 is 0 Å². The molecular weight excluding hydrogens is 829 g/mol. The van der Waals surface area contributed by atoms with Crippen molar-refractivity contribution in [2.24, 2.45) is 0 Å². The molecular formula is C29H26F12N2O6S4. The number of aryl methyl sites for hydroxylation is 2. The molecule has 53 heavy (non-hydrogen) atoms. The van der Waals surface area contributed by atoms with E-state index in [1.54, 1.807) is 12.2 Å². The fraction of sp³-hybridized carbons (Fsp3) is 0.379. The van der Waals surface area contributed by atoms with Crippen LogP contribution in [-0.2, 0) is 20.2 Å². The number of hydrogen-bond acceptors (Lipinski definition) is 8. The van der Waals surface area contributed by atoms with Crippen molar-refractivity contribution in [2.45, 2.75) is 42.6 Å². The summed E-state index contributed by atoms with van der Waals surface area (Å²) in [7, 11) is -7.95. The monoisotopic (exact) mass is 854 g/mol. The number of likely N-dealkylation sites (N-methyl/N-ethyl adjacent to an activating group) is 2. The molecule has 0 radical (unpaired) electrons. The number of alkyl halides is 12. The van der Waals surface area contributed by atoms with E-state index < -0.39 is 60.2 Å². The van der Waals surface area contributed by atoms with Crippen molar-refractivity contribution in [3.05, 3.63) is 79.5 Å². The summed E-state index contributed by atoms with van der Waals surface area (Å²) >= 11 is 2.25. The molecule has 0 atom stereocenters. The van der Waals surface area contributed by atoms with Crippen LogP contribution in [0.1, 0.15) is 30.6 Å². The number of thiophene rings is 2. The van der Waals surface area contributed by atoms with Gasteiger partial charge in [0.15, 0.2) is 0 Å². The van der Waals surface area contributed by atoms with Crippen molar-refractivity contribution >= 4 is 65.2 Å². The number of hydrogen-bond donors (Lipinski definition) is 2. The summed E-state index contributed by atoms with van der Waals surface area (Å²) < 4.78 is 206. The average Bonchev–Trinajstić information content (AvgIpc) is 3.59. The van der Waals surface area contributed by atoms with Gasteiger partial charge in [0.1, 0.15) is 0 Å². The Morgan fingerprint density at radius 3 is 1.15 bits per heavy atom. The van der Waals surface area contributed by atoms with Gasteiger partial charge in [-0.15, -0.1) is 22.7 Å². The Balaban J connectivity index is 0.000000395. The molecule has 2 N–H and O–H groups in total. The van der Waals surface area contributed by atoms with Crippen molar-refractivity contribution in [3.8, 4) is 0 Å². The molecule has 2 aromatic heterocycles. The Morgan fingerprint density at radius 2 is 0.925 bits per heavy atom. The van der Waals surface area contributed by atoms with Crippen LogP contribution in [0.2, 0.25) is 0 Å². The zero-order valence-corrected chi connectivity index (χ0v) is 30.4. The van der Waals surface area contributed by atoms with E-state index in [9.17, 15) is 35.1 Å². The van der Waals surface area contributed by atoms with Crippen LogP contribution in [0.15, 0.2) is 48.8 Å². The third-order valence-corrected chi connectivity index (χ3v) is 10.8. The summed E-state index contributed by atoms with van der Waals surface area (Å²) in [4.78, 5) is 5.48. The van der Waals surface area contributed by atoms with Gasteiger partial charge in [-0.1, -0.05) is 12.2 Å². The van der Waals surface area contributed by atoms with Crippen LogP contribution in [0.5, 0.6) is 0 Å². The highest BCUT2D eigenvalue weighted by atomic mass is 32.2. The van der Waals surface area contributed by atoms with Crippen LogP contribution in [0.3, 0.4) is 0 Å². The molecule has 0 aromatic carbocycles. The SMILES string of the molecule is Cc1sc(C2=CCN(C)C=C2)cc1C1=C(c2cc(C3=CCN(C)C=C3)sc2C)C(F)(F)C(F)(F)C1(F)F.O=S(=O)(O)C(F)(F)F.O=S(=O)(O)C(F)(F)F. The summed E-state index contributed by atoms with van der Waals surface area (Å²) in [5.74, 6) is -15.7. The maximum Gasteiger partial charge on any atom is 0.522 e. The second kappa shape index (κ2) is 14.7. The fourth-order valence-electron chi connectivity index (χ4n) is 4.70. The van der Waals surface area contributed by atoms with Gasteiger partial charge in [-0.3, -0.25) is 9.11 Å². The highest BCUT2D eigenvalue weighted by Gasteiger charge is 2.80. The molecule has 1 aliphatic carbocycles. The second-order valence-electron chi connectivity index (χ2n) is 11.3. The Labute approximate surface area is 302 Å². The maximum atomic E-state index is 15.4. The zero-order chi connectivity index (χ0) is 40.9. The maximum absolute atomic E-state index is 15.4. The average molecular weight is 855 g/mol. The standard InChI is InChI=1S/C27H24F6N2S2.2CHF3O3S/c1-15-19(13-21(36-15)17-5-9-34(3)10-6-17)23-24(26(30,31)27(32,33)25(23,28)29)20-14-22(37-16(20)2)18-7-11-35(4)12-8-18;2*2-1(3,4)8(5,6)7/h5-9,11,13-14H,10,12H2,1-4H3;2*(H,5,6,7). The van der Waals surface area contributed by atoms with Crippen LogP contribution in [0.4, 0.5) is 52.7 Å². The highest BCUT2D eigenvalue weighted by molar-refractivity contribution is 7.86. The van der Waals surface area contributed by atoms with Crippen molar-refractivity contribution in [3.63, 3.8) is 0 Å². The third-order valence-electron chi connectivity index (χ3n) is 7.41. The van der Waals surface area contributed by atoms with E-state index in [1.165, 1.54) is 26.0 Å². The lowest BCUT2D eigenvalue weighted by Crippen LogP contribution is -2.48. The van der Waals surface area contributed by atoms with Crippen molar-refractivity contribution < 1.29 is 78.6 Å². The van der Waals surface area contributed by atoms with Crippen LogP contribution in [0.25, 0.3) is 22.3 Å². The molecule has 2 aromatic rings. The first-order valence-corrected chi connectivity index (χ1v) is 18.6. The summed E-state index contributed by atoms with van der Waals surface area (Å²) in [6, 6.07) is 2.68. The zero-order valence-electron chi connectivity index (χ0n) is 27.1. The minimum Gasteiger partial charge on any atom is -0.377 e. The van der Waals surface area contributed by atoms with Gasteiger partial charge in [0.05, 0.1) is 0 Å². The Morgan fingerprint density at radius 1 is 0.642 bits per heavy atom. The first-order valence-electron chi connectivity index (χ1n) is 14.1. The van der Waals surface area contributed by atoms with E-state index in [2.05, 4.69) is 0 Å². The first kappa shape index (κ1) is 44.1. The molecule has 3 aliphatic rings. The second-order valence-corrected chi connectivity index (χ2v) is 16.6. The normalized spacial score (nSPS) is 19.7. The van der Waals surface area contributed by atoms with E-state index in [1.807, 2.05) is 48.4 Å². The van der Waals surface area contributed by atoms with E-state index in [0.717, 1.165) is 33.8 Å². The molecule has 0 bridgehead atoms. The van der Waals surface area contributed by atoms with Gasteiger partial charge < -0.3 is 9.80 Å². The lowest BCUT2D eigenvalue weighted by molar-refractivity contribution is -0.254. The van der Waals surface area contributed by atoms with E-state index >= 15 is 17.6 Å². The van der Waals surface area contributed by atoms with Crippen LogP contribution in [-0.4, -0.2) is 91.7 Å². The van der Waals surface area contributed by atoms with Gasteiger partial charge in [-0.2, -0.15) is 69.5 Å². The third kappa shape index (κ3) is 8.98. The molecule has 24 heteroatoms. The highest BCUT2D eigenvalue weighted by Crippen LogP contribution is 2.66. The minimum absolute atomic E-state index is 0.268. The minimum atomic E-state index is -5.84. The number of halogens is 12. The van der Waals surface area contributed by atoms with Crippen LogP contribution in [0, 0.1) is 13.8 Å². The predicted octanol–water partition coefficient (Wildman–Crippen LogP) is 8.73. The van der Waals surface area contributed by atoms with Crippen molar-refractivity contribution in [1.29, 1.82) is 0 Å². The van der Waals surface area contributed by atoms with Crippen molar-refractivity contribution in [1.82, 2.24) is 9.80 Å². The van der Waals surface area contributed by atoms with Gasteiger partial charge in [-0.05, 0) is 72.8 Å². The smallest absolute Gasteiger partial charge is 0.377 e. The van der Waals surface area contributed by atoms with E-state index in [4.69, 9.17) is 25.9 Å². The Hall–Kier alpha value is -3.32. The lowest BCUT2D eigenvalue weighted by Gasteiger charge is -2.25. The van der Waals surface area contributed by atoms with Gasteiger partial charge in [0.2, 0.25) is 0 Å². The topological polar surface area (TPSA) is 115 Å². The molecule has 0 saturated heterocycles. The molecule has 0 spiro atoms. The molecule has 0 saturated carbocycles. The van der Waals surface area contributed by atoms with E-state index in [0.29, 0.717) is 22.8 Å². The summed E-state index contributed by atoms with van der Waals surface area (Å²) in [5, 5.41) is 0. The number of rotatable bonds is 4. The number of nitrogens with zero attached hydrogens (tertiary/aromatic N) is 2. The Kier molecular flexibility index (Phi) is 12.3. The molecule has 8 nitrogen and oxygen atoms in total. The van der Waals surface area contributed by atoms with Gasteiger partial charge in [0, 0.05) is 57.8 Å². The summed E-state index contributed by atoms with van der Waals surface area (Å²) in [6.45, 7) is 4.15. The van der Waals surface area contributed by atoms with E-state index in [-0.39, 0.29) is 20.9 Å². The summed E-state index contributed by atoms with van der Waals surface area (Å²) in [5.41, 5.74) is -12.7. The van der Waals surface area contributed by atoms with Gasteiger partial charge >= 0.3 is 49.0 Å². The first-order chi connectivity index (χ1) is 23.8. The molecule has 2 aliphatic heterocycles. The molecule has 296 valence electrons. The molecule has 5 rings (SSSR count). The van der Waals surface area contributed by atoms with Gasteiger partial charge in [0.25, 0.3) is 0 Å². The Bertz CT molecular complexity index is 1960. The quantitative estimate of drug-likeness (QED) is 0.178. The molecule has 0 fully saturated rings. The van der Waals surface area contributed by atoms with Gasteiger partial charge in [-0.25, -0.2) is 0 Å². The predicted molar refractivity (Wildman–Crippen MR) is 174 cm³/mol. The molecule has 0 unspecified atom stereocenters. The molecule has 0 amide bonds. The number of allylic oxidation sites excluding steroid dienone is 6. The van der Waals surface area contributed by atoms with Crippen molar-refractivity contribution in [2.75, 3.05) is 27.2 Å². The largest absolute Gasteiger partial charge is 0.522 e. The van der Waals surface area contributed by atoms with Crippen LogP contribution >= 0.6 is 22.7 Å². The lowest BCUT2D eigenvalue weighted by atomic mass is 9.94.